The van der Waals surface area contributed by atoms with Crippen LogP contribution in [0.15, 0.2) is 107 Å². The number of benzene rings is 4. The van der Waals surface area contributed by atoms with E-state index in [9.17, 15) is 9.59 Å². The molecule has 0 aliphatic carbocycles. The summed E-state index contributed by atoms with van der Waals surface area (Å²) < 4.78 is 12.3. The predicted octanol–water partition coefficient (Wildman–Crippen LogP) is 6.32. The van der Waals surface area contributed by atoms with Crippen LogP contribution in [0.5, 0.6) is 11.5 Å². The molecule has 36 heavy (non-hydrogen) atoms. The maximum atomic E-state index is 12.8. The molecular formula is C29H23BrN2O4. The third-order valence-corrected chi connectivity index (χ3v) is 5.77. The van der Waals surface area contributed by atoms with Gasteiger partial charge in [-0.25, -0.2) is 10.2 Å². The van der Waals surface area contributed by atoms with Crippen LogP contribution in [-0.4, -0.2) is 18.1 Å². The summed E-state index contributed by atoms with van der Waals surface area (Å²) in [5, 5.41) is 4.08. The van der Waals surface area contributed by atoms with Crippen molar-refractivity contribution in [3.05, 3.63) is 129 Å². The summed E-state index contributed by atoms with van der Waals surface area (Å²) >= 11 is 3.42. The number of hydrogen-bond acceptors (Lipinski definition) is 5. The van der Waals surface area contributed by atoms with Crippen LogP contribution in [0.3, 0.4) is 0 Å². The lowest BCUT2D eigenvalue weighted by molar-refractivity contribution is 0.0733. The smallest absolute Gasteiger partial charge is 0.343 e. The Labute approximate surface area is 217 Å². The molecule has 0 bridgehead atoms. The van der Waals surface area contributed by atoms with Crippen molar-refractivity contribution >= 4 is 34.0 Å². The number of hydrazone groups is 1. The molecular weight excluding hydrogens is 520 g/mol. The number of para-hydroxylation sites is 1. The zero-order chi connectivity index (χ0) is 25.3. The Bertz CT molecular complexity index is 1400. The zero-order valence-electron chi connectivity index (χ0n) is 19.5. The molecule has 180 valence electrons. The molecule has 7 heteroatoms. The van der Waals surface area contributed by atoms with Crippen molar-refractivity contribution in [1.29, 1.82) is 0 Å². The molecule has 0 saturated heterocycles. The summed E-state index contributed by atoms with van der Waals surface area (Å²) in [6.07, 6.45) is 1.43. The van der Waals surface area contributed by atoms with Crippen molar-refractivity contribution in [3.8, 4) is 11.5 Å². The molecule has 0 fully saturated rings. The van der Waals surface area contributed by atoms with E-state index in [1.807, 2.05) is 49.4 Å². The number of rotatable bonds is 8. The predicted molar refractivity (Wildman–Crippen MR) is 143 cm³/mol. The summed E-state index contributed by atoms with van der Waals surface area (Å²) in [6, 6.07) is 29.0. The van der Waals surface area contributed by atoms with Crippen LogP contribution in [-0.2, 0) is 6.61 Å². The minimum Gasteiger partial charge on any atom is -0.488 e. The second-order valence-electron chi connectivity index (χ2n) is 7.86. The van der Waals surface area contributed by atoms with Crippen molar-refractivity contribution in [2.24, 2.45) is 5.10 Å². The number of amides is 1. The Morgan fingerprint density at radius 2 is 1.56 bits per heavy atom. The maximum absolute atomic E-state index is 12.8. The maximum Gasteiger partial charge on any atom is 0.343 e. The van der Waals surface area contributed by atoms with Gasteiger partial charge in [0.25, 0.3) is 5.91 Å². The number of nitrogens with zero attached hydrogens (tertiary/aromatic N) is 1. The SMILES string of the molecule is Cc1ccccc1C(=O)Oc1ccc(Br)cc1/C=N/NC(=O)c1ccccc1OCc1ccccc1. The van der Waals surface area contributed by atoms with Gasteiger partial charge in [0.1, 0.15) is 18.1 Å². The lowest BCUT2D eigenvalue weighted by atomic mass is 10.1. The van der Waals surface area contributed by atoms with E-state index in [0.717, 1.165) is 15.6 Å². The summed E-state index contributed by atoms with van der Waals surface area (Å²) in [6.45, 7) is 2.18. The van der Waals surface area contributed by atoms with Gasteiger partial charge in [-0.3, -0.25) is 4.79 Å². The van der Waals surface area contributed by atoms with Crippen molar-refractivity contribution < 1.29 is 19.1 Å². The van der Waals surface area contributed by atoms with E-state index in [1.165, 1.54) is 6.21 Å². The molecule has 0 radical (unpaired) electrons. The van der Waals surface area contributed by atoms with Crippen LogP contribution >= 0.6 is 15.9 Å². The minimum atomic E-state index is -0.474. The highest BCUT2D eigenvalue weighted by Gasteiger charge is 2.14. The standard InChI is InChI=1S/C29H23BrN2O4/c1-20-9-5-6-12-24(20)29(34)36-26-16-15-23(30)17-22(26)18-31-32-28(33)25-13-7-8-14-27(25)35-19-21-10-3-2-4-11-21/h2-18H,19H2,1H3,(H,32,33)/b31-18+. The lowest BCUT2D eigenvalue weighted by Gasteiger charge is -2.11. The molecule has 0 unspecified atom stereocenters. The van der Waals surface area contributed by atoms with Crippen LogP contribution in [0.4, 0.5) is 0 Å². The minimum absolute atomic E-state index is 0.316. The quantitative estimate of drug-likeness (QED) is 0.122. The molecule has 1 N–H and O–H groups in total. The van der Waals surface area contributed by atoms with Crippen molar-refractivity contribution in [1.82, 2.24) is 5.43 Å². The monoisotopic (exact) mass is 542 g/mol. The molecule has 0 spiro atoms. The van der Waals surface area contributed by atoms with Crippen molar-refractivity contribution in [3.63, 3.8) is 0 Å². The fraction of sp³-hybridized carbons (Fsp3) is 0.0690. The molecule has 1 amide bonds. The first-order valence-corrected chi connectivity index (χ1v) is 12.0. The fourth-order valence-corrected chi connectivity index (χ4v) is 3.78. The second kappa shape index (κ2) is 12.0. The Hall–Kier alpha value is -4.23. The normalized spacial score (nSPS) is 10.7. The van der Waals surface area contributed by atoms with Crippen LogP contribution in [0.2, 0.25) is 0 Å². The van der Waals surface area contributed by atoms with Gasteiger partial charge in [-0.2, -0.15) is 5.10 Å². The number of ether oxygens (including phenoxy) is 2. The average molecular weight is 543 g/mol. The first-order valence-electron chi connectivity index (χ1n) is 11.2. The van der Waals surface area contributed by atoms with Crippen LogP contribution in [0.25, 0.3) is 0 Å². The van der Waals surface area contributed by atoms with Gasteiger partial charge >= 0.3 is 5.97 Å². The highest BCUT2D eigenvalue weighted by Crippen LogP contribution is 2.24. The van der Waals surface area contributed by atoms with E-state index >= 15 is 0 Å². The first-order chi connectivity index (χ1) is 17.5. The van der Waals surface area contributed by atoms with Gasteiger partial charge < -0.3 is 9.47 Å². The molecule has 0 aliphatic heterocycles. The van der Waals surface area contributed by atoms with Gasteiger partial charge in [-0.15, -0.1) is 0 Å². The first kappa shape index (κ1) is 24.9. The number of esters is 1. The molecule has 4 aromatic carbocycles. The van der Waals surface area contributed by atoms with E-state index in [-0.39, 0.29) is 0 Å². The number of carbonyl (C=O) groups is 2. The van der Waals surface area contributed by atoms with Gasteiger partial charge in [0.05, 0.1) is 17.3 Å². The zero-order valence-corrected chi connectivity index (χ0v) is 21.1. The molecule has 4 rings (SSSR count). The van der Waals surface area contributed by atoms with Gasteiger partial charge in [-0.1, -0.05) is 76.6 Å². The van der Waals surface area contributed by atoms with E-state index in [2.05, 4.69) is 26.5 Å². The highest BCUT2D eigenvalue weighted by atomic mass is 79.9. The molecule has 6 nitrogen and oxygen atoms in total. The van der Waals surface area contributed by atoms with Crippen molar-refractivity contribution in [2.45, 2.75) is 13.5 Å². The summed E-state index contributed by atoms with van der Waals surface area (Å²) in [4.78, 5) is 25.5. The van der Waals surface area contributed by atoms with Crippen LogP contribution in [0, 0.1) is 6.92 Å². The summed E-state index contributed by atoms with van der Waals surface area (Å²) in [7, 11) is 0. The van der Waals surface area contributed by atoms with Crippen LogP contribution in [0.1, 0.15) is 37.4 Å². The second-order valence-corrected chi connectivity index (χ2v) is 8.77. The fourth-order valence-electron chi connectivity index (χ4n) is 3.41. The van der Waals surface area contributed by atoms with Gasteiger partial charge in [-0.05, 0) is 54.4 Å². The summed E-state index contributed by atoms with van der Waals surface area (Å²) in [5.74, 6) is -0.137. The number of halogens is 1. The Morgan fingerprint density at radius 3 is 2.33 bits per heavy atom. The molecule has 0 saturated carbocycles. The van der Waals surface area contributed by atoms with Gasteiger partial charge in [0.2, 0.25) is 0 Å². The largest absolute Gasteiger partial charge is 0.488 e. The third-order valence-electron chi connectivity index (χ3n) is 5.28. The topological polar surface area (TPSA) is 77.0 Å². The summed E-state index contributed by atoms with van der Waals surface area (Å²) in [5.41, 5.74) is 5.67. The van der Waals surface area contributed by atoms with E-state index in [4.69, 9.17) is 9.47 Å². The molecule has 0 heterocycles. The van der Waals surface area contributed by atoms with Gasteiger partial charge in [0.15, 0.2) is 0 Å². The average Bonchev–Trinajstić information content (AvgIpc) is 2.90. The van der Waals surface area contributed by atoms with Gasteiger partial charge in [0, 0.05) is 10.0 Å². The number of carbonyl (C=O) groups excluding carboxylic acids is 2. The number of aryl methyl sites for hydroxylation is 1. The highest BCUT2D eigenvalue weighted by molar-refractivity contribution is 9.10. The molecule has 0 aliphatic rings. The van der Waals surface area contributed by atoms with Crippen LogP contribution < -0.4 is 14.9 Å². The third kappa shape index (κ3) is 6.46. The number of nitrogens with one attached hydrogen (secondary N) is 1. The Balaban J connectivity index is 1.46. The Morgan fingerprint density at radius 1 is 0.861 bits per heavy atom. The molecule has 4 aromatic rings. The van der Waals surface area contributed by atoms with E-state index < -0.39 is 11.9 Å². The van der Waals surface area contributed by atoms with E-state index in [1.54, 1.807) is 54.6 Å². The van der Waals surface area contributed by atoms with Crippen molar-refractivity contribution in [2.75, 3.05) is 0 Å². The van der Waals surface area contributed by atoms with E-state index in [0.29, 0.717) is 34.8 Å². The molecule has 0 aromatic heterocycles. The molecule has 0 atom stereocenters. The number of hydrogen-bond donors (Lipinski definition) is 1. The Kier molecular flexibility index (Phi) is 8.26. The lowest BCUT2D eigenvalue weighted by Crippen LogP contribution is -2.19.